The van der Waals surface area contributed by atoms with Crippen LogP contribution in [-0.4, -0.2) is 17.4 Å². The van der Waals surface area contributed by atoms with Gasteiger partial charge in [0, 0.05) is 12.5 Å². The summed E-state index contributed by atoms with van der Waals surface area (Å²) < 4.78 is 45.8. The summed E-state index contributed by atoms with van der Waals surface area (Å²) in [4.78, 5) is 23.1. The predicted molar refractivity (Wildman–Crippen MR) is 80.2 cm³/mol. The van der Waals surface area contributed by atoms with Gasteiger partial charge in [0.1, 0.15) is 11.5 Å². The van der Waals surface area contributed by atoms with Crippen molar-refractivity contribution in [3.05, 3.63) is 57.6 Å². The maximum absolute atomic E-state index is 12.2. The Morgan fingerprint density at radius 3 is 2.44 bits per heavy atom. The summed E-state index contributed by atoms with van der Waals surface area (Å²) in [7, 11) is 0. The molecule has 3 N–H and O–H groups in total. The van der Waals surface area contributed by atoms with Crippen molar-refractivity contribution >= 4 is 5.91 Å². The molecule has 0 saturated heterocycles. The van der Waals surface area contributed by atoms with Gasteiger partial charge in [-0.05, 0) is 24.6 Å². The lowest BCUT2D eigenvalue weighted by molar-refractivity contribution is -0.274. The number of ether oxygens (including phenoxy) is 1. The molecular weight excluding hydrogens is 343 g/mol. The number of aryl methyl sites for hydroxylation is 1. The molecule has 0 spiro atoms. The zero-order chi connectivity index (χ0) is 18.8. The molecule has 0 radical (unpaired) electrons. The number of amides is 1. The van der Waals surface area contributed by atoms with Crippen molar-refractivity contribution in [2.45, 2.75) is 25.6 Å². The van der Waals surface area contributed by atoms with Crippen LogP contribution in [0, 0.1) is 6.92 Å². The van der Waals surface area contributed by atoms with Gasteiger partial charge in [0.25, 0.3) is 0 Å². The van der Waals surface area contributed by atoms with E-state index in [1.807, 2.05) is 0 Å². The molecule has 0 saturated carbocycles. The molecule has 134 valence electrons. The van der Waals surface area contributed by atoms with Crippen LogP contribution in [0.25, 0.3) is 0 Å². The molecule has 0 bridgehead atoms. The molecule has 2 rings (SSSR count). The van der Waals surface area contributed by atoms with Gasteiger partial charge in [-0.15, -0.1) is 13.2 Å². The topological polar surface area (TPSA) is 103 Å². The van der Waals surface area contributed by atoms with Crippen LogP contribution in [0.15, 0.2) is 39.5 Å². The van der Waals surface area contributed by atoms with Gasteiger partial charge in [0.2, 0.25) is 17.1 Å². The first kappa shape index (κ1) is 18.4. The van der Waals surface area contributed by atoms with Gasteiger partial charge < -0.3 is 20.0 Å². The fraction of sp³-hybridized carbons (Fsp3) is 0.250. The summed E-state index contributed by atoms with van der Waals surface area (Å²) in [6.07, 6.45) is -5.16. The summed E-state index contributed by atoms with van der Waals surface area (Å²) in [6, 6.07) is 5.68. The number of nitrogens with two attached hydrogens (primary N) is 1. The van der Waals surface area contributed by atoms with Crippen LogP contribution in [0.4, 0.5) is 13.2 Å². The number of alkyl halides is 3. The summed E-state index contributed by atoms with van der Waals surface area (Å²) in [5.74, 6) is -2.82. The van der Waals surface area contributed by atoms with E-state index in [2.05, 4.69) is 4.74 Å². The highest BCUT2D eigenvalue weighted by Gasteiger charge is 2.31. The number of carbonyl (C=O) groups is 1. The van der Waals surface area contributed by atoms with Gasteiger partial charge in [-0.1, -0.05) is 12.1 Å². The third-order valence-electron chi connectivity index (χ3n) is 3.31. The summed E-state index contributed by atoms with van der Waals surface area (Å²) in [5, 5.41) is 9.94. The van der Waals surface area contributed by atoms with E-state index in [9.17, 15) is 27.9 Å². The third-order valence-corrected chi connectivity index (χ3v) is 3.31. The Kier molecular flexibility index (Phi) is 5.05. The van der Waals surface area contributed by atoms with Crippen LogP contribution in [0.5, 0.6) is 11.5 Å². The van der Waals surface area contributed by atoms with Crippen molar-refractivity contribution in [3.8, 4) is 11.5 Å². The number of hydrogen-bond acceptors (Lipinski definition) is 5. The average molecular weight is 357 g/mol. The molecule has 1 aromatic carbocycles. The first-order valence-electron chi connectivity index (χ1n) is 7.04. The van der Waals surface area contributed by atoms with Gasteiger partial charge in [0.05, 0.1) is 5.92 Å². The number of halogens is 3. The minimum absolute atomic E-state index is 0.187. The van der Waals surface area contributed by atoms with E-state index in [4.69, 9.17) is 10.2 Å². The molecule has 0 aliphatic carbocycles. The van der Waals surface area contributed by atoms with E-state index in [0.29, 0.717) is 5.56 Å². The van der Waals surface area contributed by atoms with Gasteiger partial charge in [0.15, 0.2) is 5.76 Å². The third kappa shape index (κ3) is 4.75. The van der Waals surface area contributed by atoms with Crippen LogP contribution < -0.4 is 15.9 Å². The molecular formula is C16H14F3NO5. The number of rotatable bonds is 5. The molecule has 6 nitrogen and oxygen atoms in total. The molecule has 1 heterocycles. The van der Waals surface area contributed by atoms with E-state index in [-0.39, 0.29) is 17.9 Å². The van der Waals surface area contributed by atoms with E-state index in [1.165, 1.54) is 19.1 Å². The fourth-order valence-electron chi connectivity index (χ4n) is 2.33. The molecule has 0 fully saturated rings. The van der Waals surface area contributed by atoms with Crippen LogP contribution in [0.3, 0.4) is 0 Å². The van der Waals surface area contributed by atoms with Crippen molar-refractivity contribution in [2.75, 3.05) is 0 Å². The van der Waals surface area contributed by atoms with E-state index < -0.39 is 35.1 Å². The van der Waals surface area contributed by atoms with Crippen LogP contribution >= 0.6 is 0 Å². The van der Waals surface area contributed by atoms with E-state index in [0.717, 1.165) is 18.2 Å². The maximum Gasteiger partial charge on any atom is 0.573 e. The van der Waals surface area contributed by atoms with Gasteiger partial charge >= 0.3 is 6.36 Å². The second-order valence-corrected chi connectivity index (χ2v) is 5.27. The van der Waals surface area contributed by atoms with Crippen LogP contribution in [-0.2, 0) is 4.79 Å². The van der Waals surface area contributed by atoms with Crippen LogP contribution in [0.1, 0.15) is 29.4 Å². The molecule has 1 unspecified atom stereocenters. The Labute approximate surface area is 139 Å². The molecule has 1 amide bonds. The Morgan fingerprint density at radius 2 is 1.92 bits per heavy atom. The van der Waals surface area contributed by atoms with Gasteiger partial charge in [-0.3, -0.25) is 9.59 Å². The minimum atomic E-state index is -4.84. The summed E-state index contributed by atoms with van der Waals surface area (Å²) in [6.45, 7) is 1.48. The predicted octanol–water partition coefficient (Wildman–Crippen LogP) is 2.56. The number of hydrogen-bond donors (Lipinski definition) is 2. The average Bonchev–Trinajstić information content (AvgIpc) is 2.48. The normalized spacial score (nSPS) is 12.6. The molecule has 0 aliphatic rings. The second kappa shape index (κ2) is 6.88. The molecule has 1 aromatic heterocycles. The molecule has 25 heavy (non-hydrogen) atoms. The lowest BCUT2D eigenvalue weighted by Crippen LogP contribution is -2.18. The van der Waals surface area contributed by atoms with E-state index in [1.54, 1.807) is 0 Å². The van der Waals surface area contributed by atoms with Crippen molar-refractivity contribution < 1.29 is 32.2 Å². The monoisotopic (exact) mass is 357 g/mol. The van der Waals surface area contributed by atoms with Crippen molar-refractivity contribution in [2.24, 2.45) is 5.73 Å². The van der Waals surface area contributed by atoms with Crippen molar-refractivity contribution in [1.82, 2.24) is 0 Å². The van der Waals surface area contributed by atoms with Gasteiger partial charge in [-0.25, -0.2) is 0 Å². The highest BCUT2D eigenvalue weighted by Crippen LogP contribution is 2.34. The zero-order valence-corrected chi connectivity index (χ0v) is 13.0. The Balaban J connectivity index is 2.45. The Hall–Kier alpha value is -2.97. The summed E-state index contributed by atoms with van der Waals surface area (Å²) >= 11 is 0. The first-order valence-corrected chi connectivity index (χ1v) is 7.04. The minimum Gasteiger partial charge on any atom is -0.502 e. The highest BCUT2D eigenvalue weighted by atomic mass is 19.4. The SMILES string of the molecule is Cc1cc(=O)c(O)c(C(CC(N)=O)c2ccc(OC(F)(F)F)cc2)o1. The van der Waals surface area contributed by atoms with Gasteiger partial charge in [-0.2, -0.15) is 0 Å². The second-order valence-electron chi connectivity index (χ2n) is 5.27. The van der Waals surface area contributed by atoms with Crippen molar-refractivity contribution in [1.29, 1.82) is 0 Å². The number of benzene rings is 1. The maximum atomic E-state index is 12.2. The highest BCUT2D eigenvalue weighted by molar-refractivity contribution is 5.75. The lowest BCUT2D eigenvalue weighted by atomic mass is 9.92. The largest absolute Gasteiger partial charge is 0.573 e. The van der Waals surface area contributed by atoms with Crippen LogP contribution in [0.2, 0.25) is 0 Å². The van der Waals surface area contributed by atoms with E-state index >= 15 is 0 Å². The molecule has 2 aromatic rings. The zero-order valence-electron chi connectivity index (χ0n) is 13.0. The lowest BCUT2D eigenvalue weighted by Gasteiger charge is -2.17. The summed E-state index contributed by atoms with van der Waals surface area (Å²) in [5.41, 5.74) is 4.81. The number of primary amides is 1. The first-order chi connectivity index (χ1) is 11.6. The quantitative estimate of drug-likeness (QED) is 0.856. The standard InChI is InChI=1S/C16H14F3NO5/c1-8-6-12(21)14(23)15(24-8)11(7-13(20)22)9-2-4-10(5-3-9)25-16(17,18)19/h2-6,11,23H,7H2,1H3,(H2,20,22). The fourth-order valence-corrected chi connectivity index (χ4v) is 2.33. The Bertz CT molecular complexity index is 827. The smallest absolute Gasteiger partial charge is 0.502 e. The molecule has 0 aliphatic heterocycles. The number of carbonyl (C=O) groups excluding carboxylic acids is 1. The number of aromatic hydroxyl groups is 1. The molecule has 9 heteroatoms. The Morgan fingerprint density at radius 1 is 1.32 bits per heavy atom. The van der Waals surface area contributed by atoms with Crippen molar-refractivity contribution in [3.63, 3.8) is 0 Å². The molecule has 1 atom stereocenters.